The molecule has 0 saturated carbocycles. The van der Waals surface area contributed by atoms with E-state index in [0.29, 0.717) is 19.4 Å². The van der Waals surface area contributed by atoms with Crippen molar-refractivity contribution < 1.29 is 18.3 Å². The van der Waals surface area contributed by atoms with Crippen molar-refractivity contribution in [1.29, 1.82) is 0 Å². The van der Waals surface area contributed by atoms with Crippen LogP contribution in [-0.4, -0.2) is 11.7 Å². The van der Waals surface area contributed by atoms with Gasteiger partial charge in [0.15, 0.2) is 0 Å². The molecule has 0 aromatic heterocycles. The maximum atomic E-state index is 13.3. The van der Waals surface area contributed by atoms with Crippen LogP contribution in [0.1, 0.15) is 36.1 Å². The van der Waals surface area contributed by atoms with E-state index < -0.39 is 17.8 Å². The summed E-state index contributed by atoms with van der Waals surface area (Å²) < 4.78 is 39.8. The minimum atomic E-state index is -4.39. The molecule has 122 valence electrons. The Hall–Kier alpha value is -2.01. The Morgan fingerprint density at radius 2 is 1.87 bits per heavy atom. The molecule has 1 heterocycles. The molecule has 2 aromatic carbocycles. The van der Waals surface area contributed by atoms with Crippen LogP contribution in [-0.2, 0) is 12.6 Å². The highest BCUT2D eigenvalue weighted by Crippen LogP contribution is 2.42. The van der Waals surface area contributed by atoms with E-state index in [2.05, 4.69) is 0 Å². The largest absolute Gasteiger partial charge is 0.418 e. The lowest BCUT2D eigenvalue weighted by Crippen LogP contribution is -2.19. The van der Waals surface area contributed by atoms with Gasteiger partial charge in [0.2, 0.25) is 0 Å². The van der Waals surface area contributed by atoms with Crippen molar-refractivity contribution >= 4 is 11.4 Å². The van der Waals surface area contributed by atoms with E-state index in [1.807, 2.05) is 25.1 Å². The van der Waals surface area contributed by atoms with Gasteiger partial charge in [-0.05, 0) is 42.2 Å². The van der Waals surface area contributed by atoms with Crippen LogP contribution in [0.4, 0.5) is 24.5 Å². The van der Waals surface area contributed by atoms with Gasteiger partial charge in [0.25, 0.3) is 0 Å². The van der Waals surface area contributed by atoms with Gasteiger partial charge >= 0.3 is 6.18 Å². The molecule has 1 N–H and O–H groups in total. The van der Waals surface area contributed by atoms with Gasteiger partial charge in [-0.3, -0.25) is 0 Å². The highest BCUT2D eigenvalue weighted by molar-refractivity contribution is 5.73. The number of nitrogens with zero attached hydrogens (tertiary/aromatic N) is 1. The van der Waals surface area contributed by atoms with Crippen molar-refractivity contribution in [3.8, 4) is 0 Å². The van der Waals surface area contributed by atoms with E-state index in [9.17, 15) is 18.3 Å². The summed E-state index contributed by atoms with van der Waals surface area (Å²) in [6.07, 6.45) is -3.72. The maximum absolute atomic E-state index is 13.3. The molecule has 2 aromatic rings. The molecule has 0 aliphatic carbocycles. The lowest BCUT2D eigenvalue weighted by Gasteiger charge is -2.24. The number of aliphatic hydroxyl groups excluding tert-OH is 1. The van der Waals surface area contributed by atoms with E-state index in [-0.39, 0.29) is 5.69 Å². The molecule has 1 aliphatic rings. The van der Waals surface area contributed by atoms with E-state index in [4.69, 9.17) is 0 Å². The van der Waals surface area contributed by atoms with Gasteiger partial charge in [-0.15, -0.1) is 0 Å². The molecular formula is C18H18F3NO. The molecule has 0 spiro atoms. The Kier molecular flexibility index (Phi) is 4.06. The summed E-state index contributed by atoms with van der Waals surface area (Å²) in [6, 6.07) is 11.2. The van der Waals surface area contributed by atoms with Crippen LogP contribution in [0.15, 0.2) is 42.5 Å². The van der Waals surface area contributed by atoms with Crippen molar-refractivity contribution in [2.75, 3.05) is 11.4 Å². The summed E-state index contributed by atoms with van der Waals surface area (Å²) in [6.45, 7) is 2.38. The van der Waals surface area contributed by atoms with E-state index in [0.717, 1.165) is 22.9 Å². The molecule has 23 heavy (non-hydrogen) atoms. The van der Waals surface area contributed by atoms with Gasteiger partial charge in [-0.1, -0.05) is 31.2 Å². The smallest absolute Gasteiger partial charge is 0.388 e. The monoisotopic (exact) mass is 321 g/mol. The number of alkyl halides is 3. The molecule has 1 aliphatic heterocycles. The molecule has 5 heteroatoms. The average Bonchev–Trinajstić information content (AvgIpc) is 2.96. The SMILES string of the molecule is CCC(O)c1ccc2c(c1)N(c1ccccc1C(F)(F)F)CC2. The third-order valence-corrected chi connectivity index (χ3v) is 4.28. The highest BCUT2D eigenvalue weighted by Gasteiger charge is 2.36. The second kappa shape index (κ2) is 5.89. The first-order valence-electron chi connectivity index (χ1n) is 7.66. The van der Waals surface area contributed by atoms with Crippen LogP contribution >= 0.6 is 0 Å². The molecule has 0 radical (unpaired) electrons. The van der Waals surface area contributed by atoms with E-state index >= 15 is 0 Å². The lowest BCUT2D eigenvalue weighted by atomic mass is 10.0. The molecule has 3 rings (SSSR count). The minimum Gasteiger partial charge on any atom is -0.388 e. The number of fused-ring (bicyclic) bond motifs is 1. The number of benzene rings is 2. The van der Waals surface area contributed by atoms with Gasteiger partial charge < -0.3 is 10.0 Å². The van der Waals surface area contributed by atoms with Crippen LogP contribution < -0.4 is 4.90 Å². The predicted octanol–water partition coefficient (Wildman–Crippen LogP) is 4.84. The van der Waals surface area contributed by atoms with E-state index in [1.54, 1.807) is 11.0 Å². The second-order valence-corrected chi connectivity index (χ2v) is 5.73. The zero-order chi connectivity index (χ0) is 16.6. The summed E-state index contributed by atoms with van der Waals surface area (Å²) in [4.78, 5) is 1.70. The average molecular weight is 321 g/mol. The minimum absolute atomic E-state index is 0.168. The summed E-state index contributed by atoms with van der Waals surface area (Å²) in [7, 11) is 0. The van der Waals surface area contributed by atoms with Crippen molar-refractivity contribution in [3.05, 3.63) is 59.2 Å². The number of halogens is 3. The van der Waals surface area contributed by atoms with Crippen molar-refractivity contribution in [2.45, 2.75) is 32.0 Å². The summed E-state index contributed by atoms with van der Waals surface area (Å²) >= 11 is 0. The number of rotatable bonds is 3. The van der Waals surface area contributed by atoms with Crippen LogP contribution in [0.25, 0.3) is 0 Å². The summed E-state index contributed by atoms with van der Waals surface area (Å²) in [5.41, 5.74) is 2.04. The fraction of sp³-hybridized carbons (Fsp3) is 0.333. The van der Waals surface area contributed by atoms with Gasteiger partial charge in [0, 0.05) is 12.2 Å². The fourth-order valence-corrected chi connectivity index (χ4v) is 3.04. The van der Waals surface area contributed by atoms with Gasteiger partial charge in [0.05, 0.1) is 17.4 Å². The summed E-state index contributed by atoms with van der Waals surface area (Å²) in [5.74, 6) is 0. The maximum Gasteiger partial charge on any atom is 0.418 e. The van der Waals surface area contributed by atoms with Crippen molar-refractivity contribution in [2.24, 2.45) is 0 Å². The Morgan fingerprint density at radius 1 is 1.13 bits per heavy atom. The van der Waals surface area contributed by atoms with Gasteiger partial charge in [-0.25, -0.2) is 0 Å². The van der Waals surface area contributed by atoms with Crippen molar-refractivity contribution in [3.63, 3.8) is 0 Å². The number of anilines is 2. The predicted molar refractivity (Wildman–Crippen MR) is 83.8 cm³/mol. The Bertz CT molecular complexity index is 712. The second-order valence-electron chi connectivity index (χ2n) is 5.73. The number of para-hydroxylation sites is 1. The highest BCUT2D eigenvalue weighted by atomic mass is 19.4. The fourth-order valence-electron chi connectivity index (χ4n) is 3.04. The lowest BCUT2D eigenvalue weighted by molar-refractivity contribution is -0.137. The standard InChI is InChI=1S/C18H18F3NO/c1-2-17(23)13-8-7-12-9-10-22(16(12)11-13)15-6-4-3-5-14(15)18(19,20)21/h3-8,11,17,23H,2,9-10H2,1H3. The number of hydrogen-bond acceptors (Lipinski definition) is 2. The Morgan fingerprint density at radius 3 is 2.57 bits per heavy atom. The van der Waals surface area contributed by atoms with Crippen LogP contribution in [0.5, 0.6) is 0 Å². The molecule has 0 amide bonds. The topological polar surface area (TPSA) is 23.5 Å². The quantitative estimate of drug-likeness (QED) is 0.874. The zero-order valence-electron chi connectivity index (χ0n) is 12.8. The van der Waals surface area contributed by atoms with Crippen molar-refractivity contribution in [1.82, 2.24) is 0 Å². The van der Waals surface area contributed by atoms with Gasteiger partial charge in [-0.2, -0.15) is 13.2 Å². The third kappa shape index (κ3) is 2.93. The number of hydrogen-bond donors (Lipinski definition) is 1. The normalized spacial score (nSPS) is 15.6. The summed E-state index contributed by atoms with van der Waals surface area (Å²) in [5, 5.41) is 10.0. The van der Waals surface area contributed by atoms with E-state index in [1.165, 1.54) is 12.1 Å². The first kappa shape index (κ1) is 15.9. The van der Waals surface area contributed by atoms with Crippen LogP contribution in [0.2, 0.25) is 0 Å². The molecular weight excluding hydrogens is 303 g/mol. The van der Waals surface area contributed by atoms with Crippen LogP contribution in [0, 0.1) is 0 Å². The molecule has 1 atom stereocenters. The molecule has 0 saturated heterocycles. The molecule has 0 fully saturated rings. The Labute approximate surface area is 133 Å². The third-order valence-electron chi connectivity index (χ3n) is 4.28. The zero-order valence-corrected chi connectivity index (χ0v) is 12.8. The van der Waals surface area contributed by atoms with Gasteiger partial charge in [0.1, 0.15) is 0 Å². The Balaban J connectivity index is 2.06. The van der Waals surface area contributed by atoms with Crippen LogP contribution in [0.3, 0.4) is 0 Å². The molecule has 1 unspecified atom stereocenters. The first-order valence-corrected chi connectivity index (χ1v) is 7.66. The first-order chi connectivity index (χ1) is 10.9. The molecule has 2 nitrogen and oxygen atoms in total. The molecule has 0 bridgehead atoms. The number of aliphatic hydroxyl groups is 1.